The molecule has 0 saturated heterocycles. The molecule has 1 radical (unpaired) electrons. The molecule has 0 spiro atoms. The summed E-state index contributed by atoms with van der Waals surface area (Å²) in [4.78, 5) is 4.89. The van der Waals surface area contributed by atoms with Gasteiger partial charge >= 0.3 is 0 Å². The molecule has 1 aromatic heterocycles. The number of fused-ring (bicyclic) bond motifs is 1. The zero-order chi connectivity index (χ0) is 17.2. The maximum absolute atomic E-state index is 4.89. The van der Waals surface area contributed by atoms with E-state index in [9.17, 15) is 0 Å². The Bertz CT molecular complexity index is 996. The molecular formula is C23H21N2. The van der Waals surface area contributed by atoms with Crippen LogP contribution in [0.4, 0.5) is 0 Å². The first kappa shape index (κ1) is 15.6. The minimum absolute atomic E-state index is 0.812. The molecule has 0 fully saturated rings. The Morgan fingerprint density at radius 1 is 0.880 bits per heavy atom. The van der Waals surface area contributed by atoms with Crippen molar-refractivity contribution >= 4 is 11.0 Å². The van der Waals surface area contributed by atoms with Gasteiger partial charge in [-0.05, 0) is 54.3 Å². The third kappa shape index (κ3) is 2.85. The van der Waals surface area contributed by atoms with Crippen molar-refractivity contribution in [2.75, 3.05) is 0 Å². The summed E-state index contributed by atoms with van der Waals surface area (Å²) in [5.41, 5.74) is 7.02. The minimum Gasteiger partial charge on any atom is -0.296 e. The lowest BCUT2D eigenvalue weighted by Crippen LogP contribution is -2.00. The van der Waals surface area contributed by atoms with Crippen molar-refractivity contribution in [3.63, 3.8) is 0 Å². The highest BCUT2D eigenvalue weighted by molar-refractivity contribution is 5.84. The van der Waals surface area contributed by atoms with Gasteiger partial charge in [-0.1, -0.05) is 55.5 Å². The van der Waals surface area contributed by atoms with Crippen LogP contribution in [0, 0.1) is 6.92 Å². The Hall–Kier alpha value is -2.87. The summed E-state index contributed by atoms with van der Waals surface area (Å²) in [6.45, 7) is 6.10. The minimum atomic E-state index is 0.812. The number of hydrogen-bond donors (Lipinski definition) is 0. The van der Waals surface area contributed by atoms with Crippen molar-refractivity contribution < 1.29 is 0 Å². The fourth-order valence-electron chi connectivity index (χ4n) is 3.28. The lowest BCUT2D eigenvalue weighted by Gasteiger charge is -2.09. The van der Waals surface area contributed by atoms with E-state index in [1.807, 2.05) is 6.07 Å². The molecule has 25 heavy (non-hydrogen) atoms. The molecule has 1 heterocycles. The van der Waals surface area contributed by atoms with E-state index < -0.39 is 0 Å². The molecule has 4 rings (SSSR count). The smallest absolute Gasteiger partial charge is 0.114 e. The van der Waals surface area contributed by atoms with Gasteiger partial charge in [-0.2, -0.15) is 0 Å². The molecule has 2 heteroatoms. The first-order valence-electron chi connectivity index (χ1n) is 8.75. The van der Waals surface area contributed by atoms with Gasteiger partial charge < -0.3 is 0 Å². The molecule has 0 amide bonds. The molecule has 2 nitrogen and oxygen atoms in total. The fraction of sp³-hybridized carbons (Fsp3) is 0.130. The highest BCUT2D eigenvalue weighted by Gasteiger charge is 2.12. The lowest BCUT2D eigenvalue weighted by molar-refractivity contribution is 0.907. The van der Waals surface area contributed by atoms with Gasteiger partial charge in [-0.3, -0.25) is 4.57 Å². The van der Waals surface area contributed by atoms with Gasteiger partial charge in [0.05, 0.1) is 11.0 Å². The number of rotatable bonds is 4. The van der Waals surface area contributed by atoms with Crippen LogP contribution < -0.4 is 0 Å². The van der Waals surface area contributed by atoms with Gasteiger partial charge in [0.25, 0.3) is 0 Å². The summed E-state index contributed by atoms with van der Waals surface area (Å²) in [6.07, 6.45) is 1.71. The van der Waals surface area contributed by atoms with Crippen molar-refractivity contribution in [2.45, 2.75) is 19.8 Å². The number of aromatic nitrogens is 2. The topological polar surface area (TPSA) is 17.8 Å². The van der Waals surface area contributed by atoms with Gasteiger partial charge in [0.1, 0.15) is 5.82 Å². The highest BCUT2D eigenvalue weighted by Crippen LogP contribution is 2.27. The van der Waals surface area contributed by atoms with E-state index in [0.717, 1.165) is 35.4 Å². The van der Waals surface area contributed by atoms with Crippen LogP contribution in [0.1, 0.15) is 18.3 Å². The second-order valence-electron chi connectivity index (χ2n) is 6.20. The molecule has 0 bridgehead atoms. The normalized spacial score (nSPS) is 11.1. The van der Waals surface area contributed by atoms with Crippen LogP contribution in [0.15, 0.2) is 72.8 Å². The zero-order valence-electron chi connectivity index (χ0n) is 14.4. The quantitative estimate of drug-likeness (QED) is 0.475. The van der Waals surface area contributed by atoms with Crippen LogP contribution in [-0.4, -0.2) is 9.55 Å². The van der Waals surface area contributed by atoms with Crippen molar-refractivity contribution in [1.82, 2.24) is 9.55 Å². The summed E-state index contributed by atoms with van der Waals surface area (Å²) in [6, 6.07) is 25.6. The van der Waals surface area contributed by atoms with Crippen LogP contribution in [-0.2, 0) is 12.8 Å². The Morgan fingerprint density at radius 2 is 1.64 bits per heavy atom. The Labute approximate surface area is 148 Å². The summed E-state index contributed by atoms with van der Waals surface area (Å²) in [5.74, 6) is 1.09. The summed E-state index contributed by atoms with van der Waals surface area (Å²) >= 11 is 0. The molecular weight excluding hydrogens is 304 g/mol. The van der Waals surface area contributed by atoms with Gasteiger partial charge in [-0.15, -0.1) is 0 Å². The van der Waals surface area contributed by atoms with Crippen LogP contribution in [0.3, 0.4) is 0 Å². The summed E-state index contributed by atoms with van der Waals surface area (Å²) < 4.78 is 2.26. The Kier molecular flexibility index (Phi) is 4.10. The molecule has 3 aromatic carbocycles. The standard InChI is InChI=1S/C23H21N2/c1-3-17-10-13-20(14-11-17)25-22-15-12-19(18-8-6-5-7-9-18)16-21(22)24-23(25)4-2/h5-16H,1,3-4H2,2H3. The second kappa shape index (κ2) is 6.56. The number of nitrogens with zero attached hydrogens (tertiary/aromatic N) is 2. The Balaban J connectivity index is 1.86. The van der Waals surface area contributed by atoms with E-state index in [0.29, 0.717) is 0 Å². The lowest BCUT2D eigenvalue weighted by atomic mass is 10.1. The molecule has 0 atom stereocenters. The van der Waals surface area contributed by atoms with Gasteiger partial charge in [-0.25, -0.2) is 4.98 Å². The monoisotopic (exact) mass is 325 g/mol. The number of benzene rings is 3. The zero-order valence-corrected chi connectivity index (χ0v) is 14.4. The number of aryl methyl sites for hydroxylation is 1. The SMILES string of the molecule is [CH2]Cc1ccc(-n2c(CC)nc3cc(-c4ccccc4)ccc32)cc1. The van der Waals surface area contributed by atoms with Crippen LogP contribution in [0.2, 0.25) is 0 Å². The number of hydrogen-bond acceptors (Lipinski definition) is 1. The van der Waals surface area contributed by atoms with E-state index >= 15 is 0 Å². The Morgan fingerprint density at radius 3 is 2.32 bits per heavy atom. The molecule has 0 aliphatic rings. The van der Waals surface area contributed by atoms with Gasteiger partial charge in [0.2, 0.25) is 0 Å². The van der Waals surface area contributed by atoms with Crippen molar-refractivity contribution in [3.8, 4) is 16.8 Å². The summed E-state index contributed by atoms with van der Waals surface area (Å²) in [5, 5.41) is 0. The first-order chi connectivity index (χ1) is 12.3. The van der Waals surface area contributed by atoms with E-state index in [1.165, 1.54) is 16.7 Å². The van der Waals surface area contributed by atoms with Gasteiger partial charge in [0.15, 0.2) is 0 Å². The van der Waals surface area contributed by atoms with Crippen molar-refractivity contribution in [2.24, 2.45) is 0 Å². The number of imidazole rings is 1. The molecule has 0 unspecified atom stereocenters. The predicted molar refractivity (Wildman–Crippen MR) is 105 cm³/mol. The van der Waals surface area contributed by atoms with Crippen molar-refractivity contribution in [3.05, 3.63) is 91.1 Å². The molecule has 0 aliphatic heterocycles. The predicted octanol–water partition coefficient (Wildman–Crippen LogP) is 5.63. The second-order valence-corrected chi connectivity index (χ2v) is 6.20. The largest absolute Gasteiger partial charge is 0.296 e. The van der Waals surface area contributed by atoms with E-state index in [-0.39, 0.29) is 0 Å². The molecule has 0 N–H and O–H groups in total. The third-order valence-electron chi connectivity index (χ3n) is 4.63. The molecule has 0 aliphatic carbocycles. The fourth-order valence-corrected chi connectivity index (χ4v) is 3.28. The third-order valence-corrected chi connectivity index (χ3v) is 4.63. The average molecular weight is 325 g/mol. The van der Waals surface area contributed by atoms with E-state index in [4.69, 9.17) is 4.98 Å². The molecule has 123 valence electrons. The van der Waals surface area contributed by atoms with Crippen LogP contribution >= 0.6 is 0 Å². The van der Waals surface area contributed by atoms with Gasteiger partial charge in [0, 0.05) is 12.1 Å². The van der Waals surface area contributed by atoms with E-state index in [2.05, 4.69) is 85.1 Å². The maximum Gasteiger partial charge on any atom is 0.114 e. The summed E-state index contributed by atoms with van der Waals surface area (Å²) in [7, 11) is 0. The van der Waals surface area contributed by atoms with Crippen molar-refractivity contribution in [1.29, 1.82) is 0 Å². The van der Waals surface area contributed by atoms with Crippen LogP contribution in [0.5, 0.6) is 0 Å². The molecule has 4 aromatic rings. The maximum atomic E-state index is 4.89. The average Bonchev–Trinajstić information content (AvgIpc) is 3.06. The highest BCUT2D eigenvalue weighted by atomic mass is 15.1. The van der Waals surface area contributed by atoms with E-state index in [1.54, 1.807) is 0 Å². The first-order valence-corrected chi connectivity index (χ1v) is 8.75. The molecule has 0 saturated carbocycles. The van der Waals surface area contributed by atoms with Crippen LogP contribution in [0.25, 0.3) is 27.8 Å².